The molecular formula is C13H15F4N3O2. The Kier molecular flexibility index (Phi) is 4.87. The number of carbonyl (C=O) groups excluding carboxylic acids is 1. The first-order valence-corrected chi connectivity index (χ1v) is 6.60. The number of nitrogens with one attached hydrogen (secondary N) is 3. The number of aliphatic hydroxyl groups is 1. The molecule has 0 saturated carbocycles. The highest BCUT2D eigenvalue weighted by molar-refractivity contribution is 5.89. The molecule has 4 N–H and O–H groups in total. The number of anilines is 1. The molecule has 0 aromatic heterocycles. The normalized spacial score (nSPS) is 22.2. The molecule has 1 aliphatic rings. The molecule has 22 heavy (non-hydrogen) atoms. The number of benzene rings is 1. The van der Waals surface area contributed by atoms with E-state index >= 15 is 0 Å². The minimum atomic E-state index is -4.71. The Bertz CT molecular complexity index is 551. The molecule has 0 radical (unpaired) electrons. The molecule has 1 saturated heterocycles. The number of carbonyl (C=O) groups is 1. The van der Waals surface area contributed by atoms with Crippen LogP contribution >= 0.6 is 0 Å². The van der Waals surface area contributed by atoms with Crippen LogP contribution in [0, 0.1) is 5.82 Å². The second kappa shape index (κ2) is 6.49. The van der Waals surface area contributed by atoms with Crippen LogP contribution < -0.4 is 16.0 Å². The average molecular weight is 321 g/mol. The Labute approximate surface area is 123 Å². The molecule has 1 aromatic carbocycles. The molecule has 1 aromatic rings. The first-order chi connectivity index (χ1) is 10.3. The third-order valence-electron chi connectivity index (χ3n) is 3.25. The van der Waals surface area contributed by atoms with Crippen molar-refractivity contribution in [3.8, 4) is 0 Å². The Morgan fingerprint density at radius 2 is 2.05 bits per heavy atom. The van der Waals surface area contributed by atoms with Crippen LogP contribution in [0.2, 0.25) is 0 Å². The number of urea groups is 1. The van der Waals surface area contributed by atoms with Crippen molar-refractivity contribution in [1.29, 1.82) is 0 Å². The minimum Gasteiger partial charge on any atom is -0.391 e. The zero-order valence-corrected chi connectivity index (χ0v) is 11.4. The first kappa shape index (κ1) is 16.5. The van der Waals surface area contributed by atoms with Gasteiger partial charge in [0.2, 0.25) is 0 Å². The molecule has 1 aliphatic heterocycles. The predicted molar refractivity (Wildman–Crippen MR) is 70.8 cm³/mol. The first-order valence-electron chi connectivity index (χ1n) is 6.60. The van der Waals surface area contributed by atoms with Gasteiger partial charge in [-0.3, -0.25) is 0 Å². The molecule has 2 atom stereocenters. The molecule has 0 unspecified atom stereocenters. The fourth-order valence-corrected chi connectivity index (χ4v) is 2.15. The van der Waals surface area contributed by atoms with Gasteiger partial charge in [-0.05, 0) is 31.2 Å². The van der Waals surface area contributed by atoms with Crippen LogP contribution in [0.5, 0.6) is 0 Å². The molecule has 1 heterocycles. The lowest BCUT2D eigenvalue weighted by molar-refractivity contribution is -0.137. The Hall–Kier alpha value is -1.87. The Balaban J connectivity index is 2.03. The molecular weight excluding hydrogens is 306 g/mol. The fourth-order valence-electron chi connectivity index (χ4n) is 2.15. The van der Waals surface area contributed by atoms with E-state index < -0.39 is 35.7 Å². The van der Waals surface area contributed by atoms with Gasteiger partial charge in [-0.15, -0.1) is 0 Å². The van der Waals surface area contributed by atoms with Crippen molar-refractivity contribution < 1.29 is 27.5 Å². The molecule has 0 aliphatic carbocycles. The number of rotatable bonds is 2. The van der Waals surface area contributed by atoms with E-state index in [0.29, 0.717) is 31.6 Å². The summed E-state index contributed by atoms with van der Waals surface area (Å²) in [6.07, 6.45) is -5.01. The van der Waals surface area contributed by atoms with Crippen molar-refractivity contribution in [2.24, 2.45) is 0 Å². The number of alkyl halides is 3. The third kappa shape index (κ3) is 4.31. The van der Waals surface area contributed by atoms with E-state index in [0.717, 1.165) is 6.07 Å². The summed E-state index contributed by atoms with van der Waals surface area (Å²) in [7, 11) is 0. The topological polar surface area (TPSA) is 73.4 Å². The summed E-state index contributed by atoms with van der Waals surface area (Å²) in [5, 5.41) is 17.2. The van der Waals surface area contributed by atoms with Gasteiger partial charge in [0, 0.05) is 12.2 Å². The summed E-state index contributed by atoms with van der Waals surface area (Å²) in [6, 6.07) is 0.386. The van der Waals surface area contributed by atoms with Crippen molar-refractivity contribution in [3.63, 3.8) is 0 Å². The smallest absolute Gasteiger partial charge is 0.391 e. The van der Waals surface area contributed by atoms with E-state index in [1.807, 2.05) is 0 Å². The molecule has 0 bridgehead atoms. The number of aliphatic hydroxyl groups excluding tert-OH is 1. The van der Waals surface area contributed by atoms with Crippen molar-refractivity contribution in [3.05, 3.63) is 29.6 Å². The van der Waals surface area contributed by atoms with Crippen LogP contribution in [-0.2, 0) is 6.18 Å². The highest BCUT2D eigenvalue weighted by Crippen LogP contribution is 2.31. The standard InChI is InChI=1S/C13H15F4N3O2/c14-8-3-7(13(15,16)17)4-9(5-8)19-12(22)20-10-6-18-2-1-11(10)21/h3-5,10-11,18,21H,1-2,6H2,(H2,19,20,22)/t10-,11-/m1/s1. The predicted octanol–water partition coefficient (Wildman–Crippen LogP) is 1.69. The van der Waals surface area contributed by atoms with E-state index in [1.165, 1.54) is 0 Å². The van der Waals surface area contributed by atoms with Crippen LogP contribution in [0.25, 0.3) is 0 Å². The summed E-state index contributed by atoms with van der Waals surface area (Å²) < 4.78 is 50.9. The highest BCUT2D eigenvalue weighted by atomic mass is 19.4. The zero-order valence-electron chi connectivity index (χ0n) is 11.4. The molecule has 2 amide bonds. The van der Waals surface area contributed by atoms with Gasteiger partial charge in [0.25, 0.3) is 0 Å². The zero-order chi connectivity index (χ0) is 16.3. The van der Waals surface area contributed by atoms with Gasteiger partial charge in [-0.25, -0.2) is 9.18 Å². The summed E-state index contributed by atoms with van der Waals surface area (Å²) in [5.41, 5.74) is -1.51. The number of hydrogen-bond acceptors (Lipinski definition) is 3. The Morgan fingerprint density at radius 3 is 2.68 bits per heavy atom. The summed E-state index contributed by atoms with van der Waals surface area (Å²) in [4.78, 5) is 11.7. The quantitative estimate of drug-likeness (QED) is 0.626. The van der Waals surface area contributed by atoms with Gasteiger partial charge in [-0.1, -0.05) is 0 Å². The van der Waals surface area contributed by atoms with Crippen LogP contribution in [0.3, 0.4) is 0 Å². The molecule has 0 spiro atoms. The van der Waals surface area contributed by atoms with Crippen molar-refractivity contribution in [2.45, 2.75) is 24.7 Å². The van der Waals surface area contributed by atoms with Crippen LogP contribution in [0.1, 0.15) is 12.0 Å². The van der Waals surface area contributed by atoms with E-state index in [2.05, 4.69) is 16.0 Å². The number of amides is 2. The van der Waals surface area contributed by atoms with E-state index in [1.54, 1.807) is 0 Å². The fraction of sp³-hybridized carbons (Fsp3) is 0.462. The maximum absolute atomic E-state index is 13.2. The monoisotopic (exact) mass is 321 g/mol. The molecule has 2 rings (SSSR count). The minimum absolute atomic E-state index is 0.317. The molecule has 9 heteroatoms. The van der Waals surface area contributed by atoms with Crippen molar-refractivity contribution in [2.75, 3.05) is 18.4 Å². The highest BCUT2D eigenvalue weighted by Gasteiger charge is 2.31. The van der Waals surface area contributed by atoms with E-state index in [4.69, 9.17) is 0 Å². The maximum Gasteiger partial charge on any atom is 0.416 e. The number of piperidine rings is 1. The lowest BCUT2D eigenvalue weighted by atomic mass is 10.0. The molecule has 5 nitrogen and oxygen atoms in total. The van der Waals surface area contributed by atoms with Crippen LogP contribution in [0.15, 0.2) is 18.2 Å². The van der Waals surface area contributed by atoms with Crippen LogP contribution in [-0.4, -0.2) is 36.4 Å². The van der Waals surface area contributed by atoms with Gasteiger partial charge in [0.1, 0.15) is 5.82 Å². The molecule has 1 fully saturated rings. The number of hydrogen-bond donors (Lipinski definition) is 4. The summed E-state index contributed by atoms with van der Waals surface area (Å²) in [5.74, 6) is -1.11. The van der Waals surface area contributed by atoms with Gasteiger partial charge in [0.05, 0.1) is 17.7 Å². The molecule has 122 valence electrons. The van der Waals surface area contributed by atoms with E-state index in [9.17, 15) is 27.5 Å². The SMILES string of the molecule is O=C(Nc1cc(F)cc(C(F)(F)F)c1)N[C@@H]1CNCC[C@H]1O. The maximum atomic E-state index is 13.2. The second-order valence-electron chi connectivity index (χ2n) is 4.99. The number of halogens is 4. The van der Waals surface area contributed by atoms with Gasteiger partial charge in [-0.2, -0.15) is 13.2 Å². The summed E-state index contributed by atoms with van der Waals surface area (Å²) in [6.45, 7) is 0.950. The van der Waals surface area contributed by atoms with Gasteiger partial charge in [0.15, 0.2) is 0 Å². The van der Waals surface area contributed by atoms with Crippen molar-refractivity contribution in [1.82, 2.24) is 10.6 Å². The van der Waals surface area contributed by atoms with E-state index in [-0.39, 0.29) is 5.69 Å². The third-order valence-corrected chi connectivity index (χ3v) is 3.25. The largest absolute Gasteiger partial charge is 0.416 e. The van der Waals surface area contributed by atoms with Gasteiger partial charge < -0.3 is 21.1 Å². The van der Waals surface area contributed by atoms with Gasteiger partial charge >= 0.3 is 12.2 Å². The van der Waals surface area contributed by atoms with Crippen LogP contribution in [0.4, 0.5) is 28.0 Å². The second-order valence-corrected chi connectivity index (χ2v) is 4.99. The Morgan fingerprint density at radius 1 is 1.32 bits per heavy atom. The van der Waals surface area contributed by atoms with Crippen molar-refractivity contribution >= 4 is 11.7 Å². The summed E-state index contributed by atoms with van der Waals surface area (Å²) >= 11 is 0. The lowest BCUT2D eigenvalue weighted by Gasteiger charge is -2.29. The average Bonchev–Trinajstić information content (AvgIpc) is 2.39. The lowest BCUT2D eigenvalue weighted by Crippen LogP contribution is -2.54.